The molecule has 3 heterocycles. The van der Waals surface area contributed by atoms with Crippen LogP contribution in [0.15, 0.2) is 140 Å². The Bertz CT molecular complexity index is 2440. The van der Waals surface area contributed by atoms with Crippen LogP contribution in [0.4, 0.5) is 0 Å². The fourth-order valence-corrected chi connectivity index (χ4v) is 7.73. The first kappa shape index (κ1) is 23.4. The number of rotatable bonds is 3. The zero-order valence-corrected chi connectivity index (χ0v) is 23.3. The molecule has 9 rings (SSSR count). The van der Waals surface area contributed by atoms with Crippen LogP contribution in [0.2, 0.25) is 0 Å². The van der Waals surface area contributed by atoms with Gasteiger partial charge in [-0.1, -0.05) is 78.9 Å². The average molecular weight is 554 g/mol. The van der Waals surface area contributed by atoms with E-state index in [9.17, 15) is 0 Å². The van der Waals surface area contributed by atoms with Gasteiger partial charge in [-0.15, -0.1) is 11.3 Å². The van der Waals surface area contributed by atoms with Crippen LogP contribution < -0.4 is 0 Å². The van der Waals surface area contributed by atoms with Crippen LogP contribution in [0.3, 0.4) is 0 Å². The van der Waals surface area contributed by atoms with E-state index in [1.807, 2.05) is 29.8 Å². The van der Waals surface area contributed by atoms with Crippen molar-refractivity contribution in [3.05, 3.63) is 140 Å². The highest BCUT2D eigenvalue weighted by molar-refractivity contribution is 7.27. The quantitative estimate of drug-likeness (QED) is 0.218. The number of fused-ring (bicyclic) bond motifs is 10. The molecule has 4 heteroatoms. The molecule has 3 nitrogen and oxygen atoms in total. The zero-order valence-electron chi connectivity index (χ0n) is 22.5. The van der Waals surface area contributed by atoms with Crippen LogP contribution in [-0.4, -0.2) is 14.5 Å². The maximum Gasteiger partial charge on any atom is 0.159 e. The lowest BCUT2D eigenvalue weighted by Gasteiger charge is -2.11. The van der Waals surface area contributed by atoms with E-state index >= 15 is 0 Å². The number of hydrogen-bond donors (Lipinski definition) is 0. The molecule has 0 unspecified atom stereocenters. The third kappa shape index (κ3) is 3.39. The fraction of sp³-hybridized carbons (Fsp3) is 0. The Labute approximate surface area is 246 Å². The molecule has 0 radical (unpaired) electrons. The lowest BCUT2D eigenvalue weighted by atomic mass is 9.97. The molecule has 0 aliphatic carbocycles. The maximum atomic E-state index is 4.57. The predicted octanol–water partition coefficient (Wildman–Crippen LogP) is 10.4. The number of nitrogens with zero attached hydrogens (tertiary/aromatic N) is 3. The smallest absolute Gasteiger partial charge is 0.159 e. The van der Waals surface area contributed by atoms with Gasteiger partial charge >= 0.3 is 0 Å². The molecule has 0 saturated carbocycles. The van der Waals surface area contributed by atoms with Crippen molar-refractivity contribution in [2.75, 3.05) is 0 Å². The van der Waals surface area contributed by atoms with Crippen molar-refractivity contribution >= 4 is 64.1 Å². The van der Waals surface area contributed by atoms with Crippen LogP contribution in [0.25, 0.3) is 81.0 Å². The summed E-state index contributed by atoms with van der Waals surface area (Å²) in [6.45, 7) is 0. The zero-order chi connectivity index (χ0) is 27.6. The first-order valence-corrected chi connectivity index (χ1v) is 14.9. The number of benzene rings is 6. The molecule has 42 heavy (non-hydrogen) atoms. The third-order valence-electron chi connectivity index (χ3n) is 8.28. The van der Waals surface area contributed by atoms with E-state index in [0.717, 1.165) is 17.1 Å². The van der Waals surface area contributed by atoms with Gasteiger partial charge in [0.05, 0.1) is 11.0 Å². The molecular weight excluding hydrogens is 531 g/mol. The minimum absolute atomic E-state index is 0.737. The van der Waals surface area contributed by atoms with E-state index in [0.29, 0.717) is 0 Å². The molecule has 0 aliphatic heterocycles. The van der Waals surface area contributed by atoms with E-state index in [1.165, 1.54) is 63.9 Å². The van der Waals surface area contributed by atoms with E-state index in [-0.39, 0.29) is 0 Å². The van der Waals surface area contributed by atoms with Crippen LogP contribution >= 0.6 is 11.3 Å². The molecule has 0 spiro atoms. The second-order valence-electron chi connectivity index (χ2n) is 10.6. The van der Waals surface area contributed by atoms with E-state index in [1.54, 1.807) is 0 Å². The molecule has 0 fully saturated rings. The van der Waals surface area contributed by atoms with Crippen molar-refractivity contribution < 1.29 is 0 Å². The van der Waals surface area contributed by atoms with Crippen LogP contribution in [-0.2, 0) is 0 Å². The average Bonchev–Trinajstić information content (AvgIpc) is 3.62. The highest BCUT2D eigenvalue weighted by atomic mass is 32.1. The summed E-state index contributed by atoms with van der Waals surface area (Å²) in [7, 11) is 0. The Kier molecular flexibility index (Phi) is 5.07. The number of hydrogen-bond acceptors (Lipinski definition) is 3. The molecular formula is C38H23N3S. The molecule has 0 amide bonds. The van der Waals surface area contributed by atoms with Crippen molar-refractivity contribution in [1.29, 1.82) is 0 Å². The molecule has 6 aromatic carbocycles. The predicted molar refractivity (Wildman–Crippen MR) is 178 cm³/mol. The van der Waals surface area contributed by atoms with Gasteiger partial charge < -0.3 is 4.57 Å². The summed E-state index contributed by atoms with van der Waals surface area (Å²) < 4.78 is 5.04. The largest absolute Gasteiger partial charge is 0.309 e. The van der Waals surface area contributed by atoms with Crippen LogP contribution in [0.1, 0.15) is 0 Å². The first-order valence-electron chi connectivity index (χ1n) is 14.1. The molecule has 0 N–H and O–H groups in total. The Morgan fingerprint density at radius 3 is 2.00 bits per heavy atom. The monoisotopic (exact) mass is 553 g/mol. The van der Waals surface area contributed by atoms with Crippen molar-refractivity contribution in [3.8, 4) is 28.2 Å². The summed E-state index contributed by atoms with van der Waals surface area (Å²) in [6.07, 6.45) is 3.61. The standard InChI is InChI=1S/C38H23N3S/c1-3-10-24(11-4-1)25-17-19-33-31(22-25)34-28-14-7-8-15-29(28)36-35(37(34)42-33)30-23-26(38-39-20-9-21-40-38)16-18-32(30)41(36)27-12-5-2-6-13-27/h1-23H. The van der Waals surface area contributed by atoms with Crippen LogP contribution in [0, 0.1) is 0 Å². The van der Waals surface area contributed by atoms with Crippen molar-refractivity contribution in [2.45, 2.75) is 0 Å². The highest BCUT2D eigenvalue weighted by Gasteiger charge is 2.22. The topological polar surface area (TPSA) is 30.7 Å². The molecule has 0 atom stereocenters. The number of para-hydroxylation sites is 1. The minimum Gasteiger partial charge on any atom is -0.309 e. The lowest BCUT2D eigenvalue weighted by Crippen LogP contribution is -1.94. The first-order chi connectivity index (χ1) is 20.8. The molecule has 0 bridgehead atoms. The summed E-state index contributed by atoms with van der Waals surface area (Å²) in [6, 6.07) is 45.7. The molecule has 9 aromatic rings. The molecule has 0 aliphatic rings. The van der Waals surface area contributed by atoms with E-state index in [2.05, 4.69) is 136 Å². The van der Waals surface area contributed by atoms with Crippen molar-refractivity contribution in [2.24, 2.45) is 0 Å². The van der Waals surface area contributed by atoms with Gasteiger partial charge in [0.15, 0.2) is 5.82 Å². The Morgan fingerprint density at radius 1 is 0.500 bits per heavy atom. The summed E-state index contributed by atoms with van der Waals surface area (Å²) in [4.78, 5) is 9.14. The van der Waals surface area contributed by atoms with Gasteiger partial charge in [0, 0.05) is 60.0 Å². The van der Waals surface area contributed by atoms with Gasteiger partial charge in [-0.05, 0) is 65.0 Å². The Balaban J connectivity index is 1.50. The summed E-state index contributed by atoms with van der Waals surface area (Å²) in [5, 5.41) is 7.65. The molecule has 196 valence electrons. The van der Waals surface area contributed by atoms with Gasteiger partial charge in [-0.3, -0.25) is 0 Å². The summed E-state index contributed by atoms with van der Waals surface area (Å²) in [5.74, 6) is 0.737. The maximum absolute atomic E-state index is 4.57. The van der Waals surface area contributed by atoms with Gasteiger partial charge in [0.25, 0.3) is 0 Å². The third-order valence-corrected chi connectivity index (χ3v) is 9.47. The van der Waals surface area contributed by atoms with Gasteiger partial charge in [-0.2, -0.15) is 0 Å². The van der Waals surface area contributed by atoms with Gasteiger partial charge in [-0.25, -0.2) is 9.97 Å². The van der Waals surface area contributed by atoms with Crippen molar-refractivity contribution in [1.82, 2.24) is 14.5 Å². The lowest BCUT2D eigenvalue weighted by molar-refractivity contribution is 1.17. The fourth-order valence-electron chi connectivity index (χ4n) is 6.47. The second-order valence-corrected chi connectivity index (χ2v) is 11.7. The minimum atomic E-state index is 0.737. The Morgan fingerprint density at radius 2 is 1.19 bits per heavy atom. The van der Waals surface area contributed by atoms with Crippen molar-refractivity contribution in [3.63, 3.8) is 0 Å². The normalized spacial score (nSPS) is 11.8. The summed E-state index contributed by atoms with van der Waals surface area (Å²) in [5.41, 5.74) is 7.05. The van der Waals surface area contributed by atoms with Gasteiger partial charge in [0.1, 0.15) is 0 Å². The van der Waals surface area contributed by atoms with E-state index in [4.69, 9.17) is 0 Å². The summed E-state index contributed by atoms with van der Waals surface area (Å²) >= 11 is 1.89. The number of aromatic nitrogens is 3. The SMILES string of the molecule is c1ccc(-c2ccc3sc4c(c3c2)c2ccccc2c2c4c3cc(-c4ncccn4)ccc3n2-c2ccccc2)cc1. The van der Waals surface area contributed by atoms with Gasteiger partial charge in [0.2, 0.25) is 0 Å². The second kappa shape index (κ2) is 9.10. The Hall–Kier alpha value is -5.32. The van der Waals surface area contributed by atoms with E-state index < -0.39 is 0 Å². The molecule has 3 aromatic heterocycles. The number of thiophene rings is 1. The molecule has 0 saturated heterocycles. The highest BCUT2D eigenvalue weighted by Crippen LogP contribution is 2.48. The van der Waals surface area contributed by atoms with Crippen LogP contribution in [0.5, 0.6) is 0 Å².